The Labute approximate surface area is 268 Å². The Kier molecular flexibility index (Phi) is 9.30. The minimum atomic E-state index is 0.0263. The van der Waals surface area contributed by atoms with Gasteiger partial charge < -0.3 is 9.47 Å². The van der Waals surface area contributed by atoms with Crippen LogP contribution in [0.3, 0.4) is 0 Å². The third-order valence-electron chi connectivity index (χ3n) is 9.01. The van der Waals surface area contributed by atoms with Crippen molar-refractivity contribution in [1.29, 1.82) is 0 Å². The maximum absolute atomic E-state index is 12.8. The fourth-order valence-electron chi connectivity index (χ4n) is 6.47. The maximum Gasteiger partial charge on any atom is 0.193 e. The topological polar surface area (TPSA) is 72.5 Å². The lowest BCUT2D eigenvalue weighted by atomic mass is 9.93. The van der Waals surface area contributed by atoms with Gasteiger partial charge in [-0.25, -0.2) is 4.98 Å². The van der Waals surface area contributed by atoms with E-state index in [0.29, 0.717) is 17.7 Å². The second kappa shape index (κ2) is 14.0. The van der Waals surface area contributed by atoms with Crippen LogP contribution in [0.25, 0.3) is 20.8 Å². The van der Waals surface area contributed by atoms with Gasteiger partial charge in [-0.3, -0.25) is 15.6 Å². The van der Waals surface area contributed by atoms with Crippen LogP contribution in [0.15, 0.2) is 103 Å². The van der Waals surface area contributed by atoms with Gasteiger partial charge in [0, 0.05) is 22.7 Å². The number of fused-ring (bicyclic) bond motifs is 1. The van der Waals surface area contributed by atoms with Gasteiger partial charge in [0.1, 0.15) is 16.9 Å². The van der Waals surface area contributed by atoms with E-state index in [2.05, 4.69) is 53.3 Å². The molecule has 2 saturated carbocycles. The van der Waals surface area contributed by atoms with Crippen molar-refractivity contribution in [2.24, 2.45) is 0 Å². The van der Waals surface area contributed by atoms with Crippen LogP contribution >= 0.6 is 11.3 Å². The molecule has 7 rings (SSSR count). The van der Waals surface area contributed by atoms with Gasteiger partial charge in [-0.15, -0.1) is 11.3 Å². The van der Waals surface area contributed by atoms with E-state index in [1.54, 1.807) is 11.3 Å². The number of carbonyl (C=O) groups excluding carboxylic acids is 1. The summed E-state index contributed by atoms with van der Waals surface area (Å²) < 4.78 is 14.1. The fourth-order valence-corrected chi connectivity index (χ4v) is 7.44. The number of thiazole rings is 1. The molecule has 0 amide bonds. The van der Waals surface area contributed by atoms with E-state index in [0.717, 1.165) is 60.4 Å². The summed E-state index contributed by atoms with van der Waals surface area (Å²) in [5.41, 5.74) is 12.0. The van der Waals surface area contributed by atoms with Crippen molar-refractivity contribution >= 4 is 27.3 Å². The third kappa shape index (κ3) is 7.18. The number of nitrogens with one attached hydrogen (secondary N) is 2. The fraction of sp³-hybridized carbons (Fsp3) is 0.316. The van der Waals surface area contributed by atoms with E-state index in [4.69, 9.17) is 14.5 Å². The summed E-state index contributed by atoms with van der Waals surface area (Å²) >= 11 is 1.73. The first-order valence-corrected chi connectivity index (χ1v) is 17.0. The van der Waals surface area contributed by atoms with Gasteiger partial charge in [0.2, 0.25) is 0 Å². The van der Waals surface area contributed by atoms with Crippen molar-refractivity contribution in [3.63, 3.8) is 0 Å². The molecule has 2 aliphatic rings. The lowest BCUT2D eigenvalue weighted by Crippen LogP contribution is -2.55. The van der Waals surface area contributed by atoms with E-state index in [1.165, 1.54) is 16.7 Å². The summed E-state index contributed by atoms with van der Waals surface area (Å²) in [5, 5.41) is 1.05. The monoisotopic (exact) mass is 617 g/mol. The first kappa shape index (κ1) is 29.8. The third-order valence-corrected chi connectivity index (χ3v) is 10.1. The van der Waals surface area contributed by atoms with E-state index in [1.807, 2.05) is 60.7 Å². The number of hydrazine groups is 1. The van der Waals surface area contributed by atoms with Crippen LogP contribution in [0.4, 0.5) is 0 Å². The van der Waals surface area contributed by atoms with Crippen LogP contribution in [0, 0.1) is 0 Å². The minimum Gasteiger partial charge on any atom is -0.489 e. The number of ketones is 1. The molecule has 6 nitrogen and oxygen atoms in total. The summed E-state index contributed by atoms with van der Waals surface area (Å²) in [5.74, 6) is 0.827. The van der Waals surface area contributed by atoms with Gasteiger partial charge in [-0.05, 0) is 80.5 Å². The number of benzene rings is 4. The van der Waals surface area contributed by atoms with E-state index >= 15 is 0 Å². The standard InChI is InChI=1S/C38H39N3O3S/c42-37(27-9-2-1-3-10-27)28-21-23-30(24-22-28)44-35-14-6-4-11-32(35)41-40-31-13-8-15-34(31)43-25-26-17-19-29(20-18-26)38-39-33-12-5-7-16-36(33)45-38/h1-3,5,7,9-10,12,16-24,31-32,34-35,40-41H,4,6,8,11,13-15,25H2. The van der Waals surface area contributed by atoms with Gasteiger partial charge in [0.05, 0.1) is 29.0 Å². The molecule has 7 heteroatoms. The minimum absolute atomic E-state index is 0.0263. The number of para-hydroxylation sites is 1. The number of aromatic nitrogens is 1. The van der Waals surface area contributed by atoms with Gasteiger partial charge >= 0.3 is 0 Å². The Balaban J connectivity index is 0.908. The number of rotatable bonds is 11. The molecule has 1 aromatic heterocycles. The molecular weight excluding hydrogens is 579 g/mol. The summed E-state index contributed by atoms with van der Waals surface area (Å²) in [7, 11) is 0. The lowest BCUT2D eigenvalue weighted by molar-refractivity contribution is 0.0192. The van der Waals surface area contributed by atoms with Crippen LogP contribution in [-0.4, -0.2) is 35.1 Å². The Morgan fingerprint density at radius 2 is 1.38 bits per heavy atom. The molecule has 1 heterocycles. The summed E-state index contributed by atoms with van der Waals surface area (Å²) in [6, 6.07) is 34.3. The Bertz CT molecular complexity index is 1670. The smallest absolute Gasteiger partial charge is 0.193 e. The van der Waals surface area contributed by atoms with E-state index in [9.17, 15) is 4.79 Å². The molecule has 5 aromatic rings. The first-order chi connectivity index (χ1) is 22.2. The summed E-state index contributed by atoms with van der Waals surface area (Å²) in [4.78, 5) is 17.6. The highest BCUT2D eigenvalue weighted by molar-refractivity contribution is 7.21. The summed E-state index contributed by atoms with van der Waals surface area (Å²) in [6.07, 6.45) is 7.92. The molecule has 0 radical (unpaired) electrons. The van der Waals surface area contributed by atoms with Crippen molar-refractivity contribution in [2.45, 2.75) is 75.8 Å². The van der Waals surface area contributed by atoms with Gasteiger partial charge in [0.15, 0.2) is 5.78 Å². The molecule has 4 atom stereocenters. The van der Waals surface area contributed by atoms with Gasteiger partial charge in [0.25, 0.3) is 0 Å². The molecule has 0 aliphatic heterocycles. The normalized spacial score (nSPS) is 21.6. The highest BCUT2D eigenvalue weighted by Crippen LogP contribution is 2.31. The predicted octanol–water partition coefficient (Wildman–Crippen LogP) is 8.12. The van der Waals surface area contributed by atoms with Crippen molar-refractivity contribution in [3.05, 3.63) is 120 Å². The van der Waals surface area contributed by atoms with Crippen molar-refractivity contribution in [2.75, 3.05) is 0 Å². The van der Waals surface area contributed by atoms with Crippen molar-refractivity contribution < 1.29 is 14.3 Å². The first-order valence-electron chi connectivity index (χ1n) is 16.1. The van der Waals surface area contributed by atoms with Crippen LogP contribution in [0.1, 0.15) is 66.4 Å². The molecule has 4 unspecified atom stereocenters. The molecule has 0 saturated heterocycles. The SMILES string of the molecule is O=C(c1ccccc1)c1ccc(OC2CCCCC2NNC2CCCC2OCc2ccc(-c3nc4ccccc4s3)cc2)cc1. The Hall–Kier alpha value is -3.88. The molecule has 0 spiro atoms. The zero-order chi connectivity index (χ0) is 30.4. The van der Waals surface area contributed by atoms with E-state index < -0.39 is 0 Å². The van der Waals surface area contributed by atoms with Crippen LogP contribution in [0.2, 0.25) is 0 Å². The van der Waals surface area contributed by atoms with Gasteiger partial charge in [-0.2, -0.15) is 0 Å². The van der Waals surface area contributed by atoms with E-state index in [-0.39, 0.29) is 30.1 Å². The molecule has 230 valence electrons. The Morgan fingerprint density at radius 3 is 2.18 bits per heavy atom. The van der Waals surface area contributed by atoms with Crippen molar-refractivity contribution in [1.82, 2.24) is 15.8 Å². The lowest BCUT2D eigenvalue weighted by Gasteiger charge is -2.34. The quantitative estimate of drug-likeness (QED) is 0.115. The molecule has 2 fully saturated rings. The molecule has 2 N–H and O–H groups in total. The number of hydrogen-bond donors (Lipinski definition) is 2. The highest BCUT2D eigenvalue weighted by atomic mass is 32.1. The average molecular weight is 618 g/mol. The van der Waals surface area contributed by atoms with Crippen LogP contribution < -0.4 is 15.6 Å². The summed E-state index contributed by atoms with van der Waals surface area (Å²) in [6.45, 7) is 0.598. The molecular formula is C38H39N3O3S. The zero-order valence-electron chi connectivity index (χ0n) is 25.4. The number of ether oxygens (including phenoxy) is 2. The Morgan fingerprint density at radius 1 is 0.711 bits per heavy atom. The van der Waals surface area contributed by atoms with Crippen molar-refractivity contribution in [3.8, 4) is 16.3 Å². The molecule has 4 aromatic carbocycles. The molecule has 45 heavy (non-hydrogen) atoms. The second-order valence-corrected chi connectivity index (χ2v) is 13.2. The number of hydrogen-bond acceptors (Lipinski definition) is 7. The predicted molar refractivity (Wildman–Crippen MR) is 181 cm³/mol. The van der Waals surface area contributed by atoms with Gasteiger partial charge in [-0.1, -0.05) is 73.2 Å². The second-order valence-electron chi connectivity index (χ2n) is 12.1. The number of nitrogens with zero attached hydrogens (tertiary/aromatic N) is 1. The average Bonchev–Trinajstić information content (AvgIpc) is 3.75. The maximum atomic E-state index is 12.8. The number of carbonyl (C=O) groups is 1. The van der Waals surface area contributed by atoms with Crippen LogP contribution in [-0.2, 0) is 11.3 Å². The van der Waals surface area contributed by atoms with Crippen LogP contribution in [0.5, 0.6) is 5.75 Å². The largest absolute Gasteiger partial charge is 0.489 e. The highest BCUT2D eigenvalue weighted by Gasteiger charge is 2.31. The molecule has 2 aliphatic carbocycles. The molecule has 0 bridgehead atoms. The zero-order valence-corrected chi connectivity index (χ0v) is 26.2.